The predicted octanol–water partition coefficient (Wildman–Crippen LogP) is 4.61. The lowest BCUT2D eigenvalue weighted by Crippen LogP contribution is -2.13. The molecule has 0 aliphatic rings. The summed E-state index contributed by atoms with van der Waals surface area (Å²) in [6.07, 6.45) is 1.77. The normalized spacial score (nSPS) is 10.3. The standard InChI is InChI=1S/C18H19ClN2O4/c1-2-13-5-8-15(9-6-13)25-11-3-4-18(22)20-14-7-10-16(19)17(12-14)21(23)24/h5-10,12H,2-4,11H2,1H3,(H,20,22). The Bertz CT molecular complexity index is 747. The third kappa shape index (κ3) is 5.76. The van der Waals surface area contributed by atoms with Crippen LogP contribution in [0.25, 0.3) is 0 Å². The van der Waals surface area contributed by atoms with Gasteiger partial charge in [0.1, 0.15) is 10.8 Å². The molecular formula is C18H19ClN2O4. The second kappa shape index (κ2) is 9.03. The Morgan fingerprint density at radius 1 is 1.24 bits per heavy atom. The van der Waals surface area contributed by atoms with Crippen molar-refractivity contribution < 1.29 is 14.5 Å². The molecule has 0 fully saturated rings. The zero-order valence-corrected chi connectivity index (χ0v) is 14.6. The van der Waals surface area contributed by atoms with Crippen LogP contribution in [0.5, 0.6) is 5.75 Å². The number of aryl methyl sites for hydroxylation is 1. The van der Waals surface area contributed by atoms with Crippen molar-refractivity contribution in [2.24, 2.45) is 0 Å². The Hall–Kier alpha value is -2.60. The topological polar surface area (TPSA) is 81.5 Å². The molecule has 6 nitrogen and oxygen atoms in total. The van der Waals surface area contributed by atoms with Crippen LogP contribution >= 0.6 is 11.6 Å². The van der Waals surface area contributed by atoms with E-state index in [1.807, 2.05) is 24.3 Å². The number of carbonyl (C=O) groups is 1. The van der Waals surface area contributed by atoms with Gasteiger partial charge in [-0.1, -0.05) is 30.7 Å². The van der Waals surface area contributed by atoms with Crippen molar-refractivity contribution in [3.8, 4) is 5.75 Å². The molecule has 2 aromatic carbocycles. The summed E-state index contributed by atoms with van der Waals surface area (Å²) in [6.45, 7) is 2.50. The minimum absolute atomic E-state index is 0.0329. The van der Waals surface area contributed by atoms with E-state index in [9.17, 15) is 14.9 Å². The SMILES string of the molecule is CCc1ccc(OCCCC(=O)Nc2ccc(Cl)c([N+](=O)[O-])c2)cc1. The van der Waals surface area contributed by atoms with Crippen molar-refractivity contribution in [3.05, 3.63) is 63.2 Å². The number of anilines is 1. The third-order valence-corrected chi connectivity index (χ3v) is 3.89. The lowest BCUT2D eigenvalue weighted by molar-refractivity contribution is -0.384. The molecule has 0 spiro atoms. The first-order valence-electron chi connectivity index (χ1n) is 7.95. The van der Waals surface area contributed by atoms with E-state index in [0.29, 0.717) is 18.7 Å². The number of rotatable bonds is 8. The number of nitrogens with zero attached hydrogens (tertiary/aromatic N) is 1. The van der Waals surface area contributed by atoms with Gasteiger partial charge in [-0.15, -0.1) is 0 Å². The van der Waals surface area contributed by atoms with Crippen molar-refractivity contribution in [1.29, 1.82) is 0 Å². The van der Waals surface area contributed by atoms with Gasteiger partial charge in [-0.05, 0) is 42.7 Å². The maximum atomic E-state index is 11.9. The smallest absolute Gasteiger partial charge is 0.289 e. The molecule has 0 atom stereocenters. The second-order valence-corrected chi connectivity index (χ2v) is 5.83. The van der Waals surface area contributed by atoms with E-state index in [1.54, 1.807) is 0 Å². The summed E-state index contributed by atoms with van der Waals surface area (Å²) in [5.74, 6) is 0.535. The van der Waals surface area contributed by atoms with Crippen molar-refractivity contribution >= 4 is 28.9 Å². The Kier molecular flexibility index (Phi) is 6.77. The van der Waals surface area contributed by atoms with E-state index in [4.69, 9.17) is 16.3 Å². The number of nitro groups is 1. The maximum Gasteiger partial charge on any atom is 0.289 e. The van der Waals surface area contributed by atoms with Gasteiger partial charge in [-0.25, -0.2) is 0 Å². The number of ether oxygens (including phenoxy) is 1. The molecule has 0 unspecified atom stereocenters. The van der Waals surface area contributed by atoms with Crippen molar-refractivity contribution in [2.75, 3.05) is 11.9 Å². The summed E-state index contributed by atoms with van der Waals surface area (Å²) in [5, 5.41) is 13.5. The molecule has 0 aromatic heterocycles. The molecule has 0 aliphatic carbocycles. The summed E-state index contributed by atoms with van der Waals surface area (Å²) in [7, 11) is 0. The van der Waals surface area contributed by atoms with Gasteiger partial charge in [-0.3, -0.25) is 14.9 Å². The van der Waals surface area contributed by atoms with Crippen molar-refractivity contribution in [3.63, 3.8) is 0 Å². The van der Waals surface area contributed by atoms with E-state index in [0.717, 1.165) is 12.2 Å². The zero-order valence-electron chi connectivity index (χ0n) is 13.8. The molecule has 1 N–H and O–H groups in total. The summed E-state index contributed by atoms with van der Waals surface area (Å²) in [5.41, 5.74) is 1.35. The van der Waals surface area contributed by atoms with E-state index in [2.05, 4.69) is 12.2 Å². The molecular weight excluding hydrogens is 344 g/mol. The van der Waals surface area contributed by atoms with Crippen molar-refractivity contribution in [2.45, 2.75) is 26.2 Å². The van der Waals surface area contributed by atoms with Gasteiger partial charge in [0.05, 0.1) is 11.5 Å². The Labute approximate surface area is 150 Å². The minimum atomic E-state index is -0.588. The Balaban J connectivity index is 1.77. The lowest BCUT2D eigenvalue weighted by Gasteiger charge is -2.08. The molecule has 132 valence electrons. The van der Waals surface area contributed by atoms with Crippen LogP contribution in [0.15, 0.2) is 42.5 Å². The highest BCUT2D eigenvalue weighted by Crippen LogP contribution is 2.27. The summed E-state index contributed by atoms with van der Waals surface area (Å²) in [6, 6.07) is 12.0. The highest BCUT2D eigenvalue weighted by molar-refractivity contribution is 6.32. The Morgan fingerprint density at radius 2 is 1.96 bits per heavy atom. The van der Waals surface area contributed by atoms with E-state index >= 15 is 0 Å². The molecule has 1 amide bonds. The summed E-state index contributed by atoms with van der Waals surface area (Å²) in [4.78, 5) is 22.2. The first kappa shape index (κ1) is 18.7. The lowest BCUT2D eigenvalue weighted by atomic mass is 10.2. The van der Waals surface area contributed by atoms with Crippen LogP contribution in [0.3, 0.4) is 0 Å². The number of nitro benzene ring substituents is 1. The molecule has 0 saturated heterocycles. The first-order valence-corrected chi connectivity index (χ1v) is 8.33. The fraction of sp³-hybridized carbons (Fsp3) is 0.278. The van der Waals surface area contributed by atoms with E-state index < -0.39 is 4.92 Å². The van der Waals surface area contributed by atoms with E-state index in [-0.39, 0.29) is 23.0 Å². The molecule has 2 rings (SSSR count). The fourth-order valence-corrected chi connectivity index (χ4v) is 2.38. The number of hydrogen-bond acceptors (Lipinski definition) is 4. The van der Waals surface area contributed by atoms with Crippen LogP contribution < -0.4 is 10.1 Å². The van der Waals surface area contributed by atoms with Gasteiger partial charge in [0.15, 0.2) is 0 Å². The molecule has 0 radical (unpaired) electrons. The Morgan fingerprint density at radius 3 is 2.60 bits per heavy atom. The molecule has 0 bridgehead atoms. The van der Waals surface area contributed by atoms with Crippen LogP contribution in [0.2, 0.25) is 5.02 Å². The highest BCUT2D eigenvalue weighted by Gasteiger charge is 2.13. The fourth-order valence-electron chi connectivity index (χ4n) is 2.20. The quantitative estimate of drug-likeness (QED) is 0.422. The average Bonchev–Trinajstić information content (AvgIpc) is 2.60. The molecule has 0 aliphatic heterocycles. The van der Waals surface area contributed by atoms with Crippen molar-refractivity contribution in [1.82, 2.24) is 0 Å². The van der Waals surface area contributed by atoms with Gasteiger partial charge in [0.25, 0.3) is 5.69 Å². The van der Waals surface area contributed by atoms with Gasteiger partial charge >= 0.3 is 0 Å². The number of hydrogen-bond donors (Lipinski definition) is 1. The number of halogens is 1. The average molecular weight is 363 g/mol. The van der Waals surface area contributed by atoms with Gasteiger partial charge in [0.2, 0.25) is 5.91 Å². The van der Waals surface area contributed by atoms with E-state index in [1.165, 1.54) is 23.8 Å². The summed E-state index contributed by atoms with van der Waals surface area (Å²) < 4.78 is 5.59. The van der Waals surface area contributed by atoms with Crippen LogP contribution in [0.1, 0.15) is 25.3 Å². The van der Waals surface area contributed by atoms with Gasteiger partial charge in [0, 0.05) is 18.2 Å². The third-order valence-electron chi connectivity index (χ3n) is 3.58. The van der Waals surface area contributed by atoms with Crippen LogP contribution in [0.4, 0.5) is 11.4 Å². The molecule has 25 heavy (non-hydrogen) atoms. The largest absolute Gasteiger partial charge is 0.494 e. The number of amides is 1. The number of carbonyl (C=O) groups excluding carboxylic acids is 1. The molecule has 2 aromatic rings. The molecule has 0 saturated carbocycles. The minimum Gasteiger partial charge on any atom is -0.494 e. The zero-order chi connectivity index (χ0) is 18.2. The van der Waals surface area contributed by atoms with Crippen LogP contribution in [0, 0.1) is 10.1 Å². The van der Waals surface area contributed by atoms with Crippen LogP contribution in [-0.4, -0.2) is 17.4 Å². The number of nitrogens with one attached hydrogen (secondary N) is 1. The summed E-state index contributed by atoms with van der Waals surface area (Å²) >= 11 is 5.74. The molecule has 7 heteroatoms. The highest BCUT2D eigenvalue weighted by atomic mass is 35.5. The van der Waals surface area contributed by atoms with Crippen LogP contribution in [-0.2, 0) is 11.2 Å². The van der Waals surface area contributed by atoms with Gasteiger partial charge < -0.3 is 10.1 Å². The predicted molar refractivity (Wildman–Crippen MR) is 97.3 cm³/mol. The molecule has 0 heterocycles. The second-order valence-electron chi connectivity index (χ2n) is 5.42. The van der Waals surface area contributed by atoms with Gasteiger partial charge in [-0.2, -0.15) is 0 Å². The first-order chi connectivity index (χ1) is 12.0. The monoisotopic (exact) mass is 362 g/mol. The maximum absolute atomic E-state index is 11.9. The number of benzene rings is 2.